The fraction of sp³-hybridized carbons (Fsp3) is 0.747. The van der Waals surface area contributed by atoms with Crippen LogP contribution in [-0.4, -0.2) is 263 Å². The molecule has 0 heterocycles. The van der Waals surface area contributed by atoms with Crippen LogP contribution in [0.25, 0.3) is 0 Å². The summed E-state index contributed by atoms with van der Waals surface area (Å²) < 4.78 is 89.9. The Hall–Kier alpha value is -6.03. The molecule has 12 aliphatic rings. The number of rotatable bonds is 33. The van der Waals surface area contributed by atoms with Crippen LogP contribution < -0.4 is 10.7 Å². The van der Waals surface area contributed by atoms with E-state index in [1.54, 1.807) is 110 Å². The molecule has 12 aliphatic carbocycles. The smallest absolute Gasteiger partial charge is 0.266 e. The molecule has 29 heteroatoms. The van der Waals surface area contributed by atoms with E-state index in [2.05, 4.69) is 25.8 Å². The van der Waals surface area contributed by atoms with Crippen molar-refractivity contribution in [3.63, 3.8) is 0 Å². The Balaban J connectivity index is 0.742. The van der Waals surface area contributed by atoms with Crippen LogP contribution in [-0.2, 0) is 62.0 Å². The molecule has 12 rings (SSSR count). The fourth-order valence-electron chi connectivity index (χ4n) is 25.1. The van der Waals surface area contributed by atoms with Gasteiger partial charge in [0.15, 0.2) is 45.9 Å². The minimum atomic E-state index is -2.22. The van der Waals surface area contributed by atoms with E-state index in [9.17, 15) is 74.4 Å². The maximum Gasteiger partial charge on any atom is 0.266 e. The number of ether oxygens (including phenoxy) is 6. The minimum Gasteiger partial charge on any atom is -0.390 e. The number of aliphatic hydroxyl groups excluding tert-OH is 5. The van der Waals surface area contributed by atoms with Gasteiger partial charge >= 0.3 is 0 Å². The number of halogens is 3. The predicted molar refractivity (Wildman–Crippen MR) is 420 cm³/mol. The van der Waals surface area contributed by atoms with Gasteiger partial charge in [-0.15, -0.1) is 0 Å². The molecule has 0 unspecified atom stereocenters. The van der Waals surface area contributed by atoms with Gasteiger partial charge in [-0.1, -0.05) is 83.4 Å². The van der Waals surface area contributed by atoms with Crippen molar-refractivity contribution in [1.82, 2.24) is 10.7 Å². The number of aliphatic hydroxyl groups is 8. The fourth-order valence-corrected chi connectivity index (χ4v) is 25.1. The highest BCUT2D eigenvalue weighted by Crippen LogP contribution is 2.75. The highest BCUT2D eigenvalue weighted by molar-refractivity contribution is 6.08. The van der Waals surface area contributed by atoms with Gasteiger partial charge in [0.1, 0.15) is 69.5 Å². The van der Waals surface area contributed by atoms with Crippen molar-refractivity contribution in [2.75, 3.05) is 113 Å². The Kier molecular flexibility index (Phi) is 25.4. The van der Waals surface area contributed by atoms with E-state index >= 15 is 13.2 Å². The monoisotopic (exact) mass is 1630 g/mol. The summed E-state index contributed by atoms with van der Waals surface area (Å²) in [6, 6.07) is 0. The highest BCUT2D eigenvalue weighted by atomic mass is 19.2. The van der Waals surface area contributed by atoms with Crippen LogP contribution in [0.4, 0.5) is 13.2 Å². The number of hydrogen-bond acceptors (Lipinski definition) is 24. The van der Waals surface area contributed by atoms with Gasteiger partial charge in [0, 0.05) is 70.3 Å². The molecule has 0 bridgehead atoms. The van der Waals surface area contributed by atoms with Crippen molar-refractivity contribution in [3.8, 4) is 0 Å². The van der Waals surface area contributed by atoms with E-state index in [1.165, 1.54) is 7.11 Å². The van der Waals surface area contributed by atoms with Gasteiger partial charge in [-0.3, -0.25) is 43.5 Å². The molecule has 0 spiro atoms. The largest absolute Gasteiger partial charge is 0.390 e. The third kappa shape index (κ3) is 14.0. The summed E-state index contributed by atoms with van der Waals surface area (Å²) in [5.41, 5.74) is -15.9. The summed E-state index contributed by atoms with van der Waals surface area (Å²) >= 11 is 0. The zero-order valence-electron chi connectivity index (χ0n) is 69.0. The lowest BCUT2D eigenvalue weighted by Crippen LogP contribution is -2.69. The molecule has 9 fully saturated rings. The van der Waals surface area contributed by atoms with Crippen LogP contribution >= 0.6 is 0 Å². The number of ketones is 5. The first kappa shape index (κ1) is 89.2. The maximum atomic E-state index is 18.3. The molecule has 9 saturated carbocycles. The van der Waals surface area contributed by atoms with Crippen LogP contribution in [0.15, 0.2) is 86.5 Å². The average molecular weight is 1630 g/mol. The van der Waals surface area contributed by atoms with E-state index in [-0.39, 0.29) is 69.8 Å². The molecular weight excluding hydrogens is 1510 g/mol. The summed E-state index contributed by atoms with van der Waals surface area (Å²) in [6.45, 7) is 11.7. The summed E-state index contributed by atoms with van der Waals surface area (Å²) in [5, 5.41) is 98.9. The first-order valence-electron chi connectivity index (χ1n) is 41.5. The number of nitrogens with zero attached hydrogens (tertiary/aromatic N) is 3. The van der Waals surface area contributed by atoms with Crippen LogP contribution in [0.2, 0.25) is 0 Å². The van der Waals surface area contributed by atoms with E-state index in [1.807, 2.05) is 13.8 Å². The lowest BCUT2D eigenvalue weighted by Gasteiger charge is -2.62. The van der Waals surface area contributed by atoms with E-state index in [4.69, 9.17) is 28.4 Å². The highest BCUT2D eigenvalue weighted by Gasteiger charge is 2.79. The number of allylic oxidation sites excluding steroid dienone is 12. The van der Waals surface area contributed by atoms with Crippen molar-refractivity contribution in [3.05, 3.63) is 71.4 Å². The number of aliphatic imine (C=N–C) groups is 2. The number of carbonyl (C=O) groups is 7. The SMILES string of the molecule is CCC(=O)[C@@]1(O)[C@H](C)C[C@H]2[C@@H]3CCC4=C/C(=N/NC(=O)COCC(COCC(=O)CN=C5C=C[C@@]6(C)C(=C5)CC[C@H]5[C@@H]7C[C@@H](C)[C@](O)(C(=O)CO)[C@@]7(C)C[C@H](O)[C@@]56F)(COCC(=O)CN=C5C=C[C@@]6(C)C(=C5)CC[C@H]5[C@@H]7C[C@@H](C)[C@](O)(C(=O)CO)[C@@]7(C)C[C@H](O)[C@@]56F)COCC(=O)NCCOCCOC)C=C[C@]4(C)[C@@]3(F)[C@@H](O)C[C@@]21C. The standard InChI is InChI=1S/C87H122F3N5O21/c1-12-67(100)85(108)50(2)29-64-61-18-15-55-34-58(21-24-77(55,7)84(61,90)68(101)35-78(64,85)8)94-95-74(107)45-116-49-81(48-115-44-73(106)91-25-26-112-28-27-111-11,46-113-42-59(98)38-92-56-19-22-75(5)53(32-56)13-16-62-65-30-51(3)86(109,71(104)40-96)79(65,9)36-69(102)82(62,75)88)47-114-43-60(99)39-93-57-20-23-76(6)54(33-57)14-17-63-66-31-52(4)87(110,72(105)41-97)80(66,10)37-70(103)83(63,76)89/h19-24,32-34,50-52,61-66,68-70,96-97,101-103,108-110H,12-18,25-31,35-49H2,1-11H3,(H,91,106)(H,95,107)/b92-56?,93-57?,94-58+/t50-,51-,52-,61+,62+,63+,64+,65+,66+,68+,69+,70+,75+,76+,77+,78+,79+,80+,81?,82+,83+,84+,85+,86+,87+/m1/s1. The van der Waals surface area contributed by atoms with Gasteiger partial charge in [0.2, 0.25) is 5.91 Å². The second-order valence-electron chi connectivity index (χ2n) is 37.3. The number of amides is 2. The predicted octanol–water partition coefficient (Wildman–Crippen LogP) is 5.75. The Morgan fingerprint density at radius 2 is 0.845 bits per heavy atom. The second kappa shape index (κ2) is 33.1. The number of alkyl halides is 3. The Morgan fingerprint density at radius 1 is 0.491 bits per heavy atom. The number of nitrogens with one attached hydrogen (secondary N) is 2. The van der Waals surface area contributed by atoms with Crippen molar-refractivity contribution >= 4 is 57.9 Å². The summed E-state index contributed by atoms with van der Waals surface area (Å²) in [6.07, 6.45) is 12.7. The molecular formula is C87H122F3N5O21. The number of carbonyl (C=O) groups excluding carboxylic acids is 7. The second-order valence-corrected chi connectivity index (χ2v) is 37.3. The normalized spacial score (nSPS) is 43.1. The average Bonchev–Trinajstić information content (AvgIpc) is 1.42. The third-order valence-corrected chi connectivity index (χ3v) is 31.4. The van der Waals surface area contributed by atoms with Crippen molar-refractivity contribution in [1.29, 1.82) is 0 Å². The number of methoxy groups -OCH3 is 1. The maximum absolute atomic E-state index is 18.3. The van der Waals surface area contributed by atoms with Crippen molar-refractivity contribution < 1.29 is 116 Å². The number of hydrogen-bond donors (Lipinski definition) is 10. The van der Waals surface area contributed by atoms with Crippen molar-refractivity contribution in [2.45, 2.75) is 205 Å². The number of Topliss-reactive ketones (excluding diaryl/α,β-unsaturated/α-hetero) is 5. The molecule has 0 aliphatic heterocycles. The van der Waals surface area contributed by atoms with Gasteiger partial charge in [0.25, 0.3) is 5.91 Å². The Morgan fingerprint density at radius 3 is 1.22 bits per heavy atom. The summed E-state index contributed by atoms with van der Waals surface area (Å²) in [7, 11) is 1.52. The van der Waals surface area contributed by atoms with Gasteiger partial charge < -0.3 is 74.6 Å². The van der Waals surface area contributed by atoms with Gasteiger partial charge in [-0.25, -0.2) is 18.6 Å². The van der Waals surface area contributed by atoms with Crippen LogP contribution in [0, 0.1) is 91.2 Å². The summed E-state index contributed by atoms with van der Waals surface area (Å²) in [5.74, 6) is -9.40. The molecule has 0 aromatic carbocycles. The molecule has 10 N–H and O–H groups in total. The van der Waals surface area contributed by atoms with Crippen LogP contribution in [0.5, 0.6) is 0 Å². The lowest BCUT2D eigenvalue weighted by molar-refractivity contribution is -0.219. The molecule has 0 saturated heterocycles. The Labute approximate surface area is 676 Å². The van der Waals surface area contributed by atoms with E-state index in [0.29, 0.717) is 79.7 Å². The van der Waals surface area contributed by atoms with Crippen LogP contribution in [0.1, 0.15) is 153 Å². The zero-order chi connectivity index (χ0) is 84.6. The molecule has 26 nitrogen and oxygen atoms in total. The molecule has 2 amide bonds. The molecule has 24 atom stereocenters. The molecule has 116 heavy (non-hydrogen) atoms. The molecule has 0 radical (unpaired) electrons. The first-order valence-corrected chi connectivity index (χ1v) is 41.5. The number of fused-ring (bicyclic) bond motifs is 15. The van der Waals surface area contributed by atoms with Gasteiger partial charge in [-0.2, -0.15) is 5.10 Å². The molecule has 0 aromatic rings. The van der Waals surface area contributed by atoms with E-state index in [0.717, 1.165) is 0 Å². The Bertz CT molecular complexity index is 3770. The number of hydrazone groups is 1. The zero-order valence-corrected chi connectivity index (χ0v) is 69.0. The van der Waals surface area contributed by atoms with Gasteiger partial charge in [0.05, 0.1) is 87.1 Å². The molecule has 642 valence electrons. The van der Waals surface area contributed by atoms with Gasteiger partial charge in [-0.05, 0) is 170 Å². The van der Waals surface area contributed by atoms with Crippen LogP contribution in [0.3, 0.4) is 0 Å². The lowest BCUT2D eigenvalue weighted by atomic mass is 9.44. The van der Waals surface area contributed by atoms with E-state index < -0.39 is 257 Å². The summed E-state index contributed by atoms with van der Waals surface area (Å²) in [4.78, 5) is 104. The van der Waals surface area contributed by atoms with Crippen molar-refractivity contribution in [2.24, 2.45) is 106 Å². The third-order valence-electron chi connectivity index (χ3n) is 31.4. The topological polar surface area (TPSA) is 398 Å². The quantitative estimate of drug-likeness (QED) is 0.0276. The first-order chi connectivity index (χ1) is 54.6. The molecule has 0 aromatic heterocycles. The minimum absolute atomic E-state index is 0.0991.